The molecule has 172 valence electrons. The summed E-state index contributed by atoms with van der Waals surface area (Å²) < 4.78 is 11.9. The van der Waals surface area contributed by atoms with Crippen molar-refractivity contribution in [2.45, 2.75) is 47.5 Å². The summed E-state index contributed by atoms with van der Waals surface area (Å²) in [6.07, 6.45) is 1.54. The van der Waals surface area contributed by atoms with E-state index in [9.17, 15) is 9.59 Å². The van der Waals surface area contributed by atoms with Crippen LogP contribution in [0, 0.1) is 18.8 Å². The number of carbonyl (C=O) groups is 2. The summed E-state index contributed by atoms with van der Waals surface area (Å²) in [7, 11) is 0. The van der Waals surface area contributed by atoms with E-state index in [2.05, 4.69) is 33.8 Å². The number of aryl methyl sites for hydroxylation is 1. The Kier molecular flexibility index (Phi) is 8.05. The van der Waals surface area contributed by atoms with Crippen LogP contribution in [0.4, 0.5) is 0 Å². The van der Waals surface area contributed by atoms with E-state index in [1.165, 1.54) is 0 Å². The highest BCUT2D eigenvalue weighted by Gasteiger charge is 2.25. The Morgan fingerprint density at radius 2 is 1.15 bits per heavy atom. The lowest BCUT2D eigenvalue weighted by Gasteiger charge is -2.22. The molecule has 0 unspecified atom stereocenters. The van der Waals surface area contributed by atoms with Crippen molar-refractivity contribution in [3.05, 3.63) is 94.5 Å². The monoisotopic (exact) mass is 444 g/mol. The van der Waals surface area contributed by atoms with Gasteiger partial charge >= 0.3 is 11.9 Å². The summed E-state index contributed by atoms with van der Waals surface area (Å²) in [6.45, 7) is 10.5. The van der Waals surface area contributed by atoms with Gasteiger partial charge in [0.1, 0.15) is 0 Å². The van der Waals surface area contributed by atoms with Gasteiger partial charge in [0.15, 0.2) is 11.5 Å². The van der Waals surface area contributed by atoms with Gasteiger partial charge in [-0.3, -0.25) is 0 Å². The Morgan fingerprint density at radius 1 is 0.697 bits per heavy atom. The molecule has 0 radical (unpaired) electrons. The van der Waals surface area contributed by atoms with Crippen molar-refractivity contribution in [2.75, 3.05) is 0 Å². The molecule has 0 bridgehead atoms. The molecule has 3 aromatic rings. The number of hydrogen-bond acceptors (Lipinski definition) is 4. The molecular formula is C29H32O4. The van der Waals surface area contributed by atoms with E-state index in [1.807, 2.05) is 19.1 Å². The van der Waals surface area contributed by atoms with Gasteiger partial charge in [0.25, 0.3) is 0 Å². The number of hydrogen-bond donors (Lipinski definition) is 0. The van der Waals surface area contributed by atoms with Crippen molar-refractivity contribution < 1.29 is 19.1 Å². The van der Waals surface area contributed by atoms with Crippen LogP contribution in [0.2, 0.25) is 0 Å². The highest BCUT2D eigenvalue weighted by atomic mass is 16.6. The van der Waals surface area contributed by atoms with Gasteiger partial charge in [0, 0.05) is 5.56 Å². The van der Waals surface area contributed by atoms with E-state index >= 15 is 0 Å². The molecule has 0 saturated carbocycles. The van der Waals surface area contributed by atoms with Crippen molar-refractivity contribution in [2.24, 2.45) is 11.8 Å². The van der Waals surface area contributed by atoms with E-state index in [-0.39, 0.29) is 0 Å². The van der Waals surface area contributed by atoms with Crippen LogP contribution < -0.4 is 9.47 Å². The Morgan fingerprint density at radius 3 is 1.61 bits per heavy atom. The highest BCUT2D eigenvalue weighted by molar-refractivity contribution is 5.93. The fraction of sp³-hybridized carbons (Fsp3) is 0.310. The lowest BCUT2D eigenvalue weighted by Crippen LogP contribution is -2.17. The summed E-state index contributed by atoms with van der Waals surface area (Å²) in [4.78, 5) is 25.9. The van der Waals surface area contributed by atoms with Crippen LogP contribution in [-0.4, -0.2) is 11.9 Å². The molecule has 33 heavy (non-hydrogen) atoms. The third-order valence-electron chi connectivity index (χ3n) is 5.27. The fourth-order valence-electron chi connectivity index (χ4n) is 3.82. The first-order valence-electron chi connectivity index (χ1n) is 11.5. The number of carbonyl (C=O) groups excluding carboxylic acids is 2. The maximum Gasteiger partial charge on any atom is 0.343 e. The molecule has 4 heteroatoms. The standard InChI is InChI=1S/C29H32O4/c1-19(2)16-24-18-21(5)26(32-28(30)22-12-8-6-9-13-22)27(25(24)17-20(3)4)33-29(31)23-14-10-7-11-15-23/h6-15,18-20H,16-17H2,1-5H3. The SMILES string of the molecule is Cc1cc(CC(C)C)c(CC(C)C)c(OC(=O)c2ccccc2)c1OC(=O)c1ccccc1. The molecule has 3 aromatic carbocycles. The second-order valence-corrected chi connectivity index (χ2v) is 9.20. The molecule has 0 N–H and O–H groups in total. The van der Waals surface area contributed by atoms with E-state index in [0.29, 0.717) is 40.9 Å². The van der Waals surface area contributed by atoms with Crippen LogP contribution >= 0.6 is 0 Å². The van der Waals surface area contributed by atoms with Crippen molar-refractivity contribution in [3.63, 3.8) is 0 Å². The molecule has 4 nitrogen and oxygen atoms in total. The zero-order valence-corrected chi connectivity index (χ0v) is 20.1. The Balaban J connectivity index is 2.13. The Labute approximate surface area is 196 Å². The van der Waals surface area contributed by atoms with Gasteiger partial charge in [0.2, 0.25) is 0 Å². The highest BCUT2D eigenvalue weighted by Crippen LogP contribution is 2.40. The minimum Gasteiger partial charge on any atom is -0.419 e. The first-order valence-corrected chi connectivity index (χ1v) is 11.5. The lowest BCUT2D eigenvalue weighted by molar-refractivity contribution is 0.0679. The maximum absolute atomic E-state index is 13.0. The molecule has 0 aliphatic carbocycles. The van der Waals surface area contributed by atoms with Crippen LogP contribution in [0.15, 0.2) is 66.7 Å². The average Bonchev–Trinajstić information content (AvgIpc) is 2.79. The quantitative estimate of drug-likeness (QED) is 0.282. The molecule has 0 aliphatic heterocycles. The minimum atomic E-state index is -0.484. The van der Waals surface area contributed by atoms with Crippen LogP contribution in [0.5, 0.6) is 11.5 Å². The van der Waals surface area contributed by atoms with Crippen molar-refractivity contribution in [3.8, 4) is 11.5 Å². The van der Waals surface area contributed by atoms with Gasteiger partial charge in [-0.25, -0.2) is 9.59 Å². The smallest absolute Gasteiger partial charge is 0.343 e. The molecule has 0 heterocycles. The second kappa shape index (κ2) is 11.0. The van der Waals surface area contributed by atoms with Gasteiger partial charge in [-0.05, 0) is 67.0 Å². The number of benzene rings is 3. The normalized spacial score (nSPS) is 11.0. The predicted octanol–water partition coefficient (Wildman–Crippen LogP) is 6.83. The van der Waals surface area contributed by atoms with Gasteiger partial charge < -0.3 is 9.47 Å². The zero-order chi connectivity index (χ0) is 24.0. The van der Waals surface area contributed by atoms with E-state index in [4.69, 9.17) is 9.47 Å². The van der Waals surface area contributed by atoms with Crippen LogP contribution in [-0.2, 0) is 12.8 Å². The maximum atomic E-state index is 13.0. The van der Waals surface area contributed by atoms with Crippen molar-refractivity contribution >= 4 is 11.9 Å². The molecule has 0 aliphatic rings. The summed E-state index contributed by atoms with van der Waals surface area (Å²) in [5.74, 6) is 0.437. The van der Waals surface area contributed by atoms with Crippen molar-refractivity contribution in [1.82, 2.24) is 0 Å². The number of ether oxygens (including phenoxy) is 2. The fourth-order valence-corrected chi connectivity index (χ4v) is 3.82. The molecule has 0 atom stereocenters. The van der Waals surface area contributed by atoms with Gasteiger partial charge in [-0.1, -0.05) is 70.2 Å². The van der Waals surface area contributed by atoms with Gasteiger partial charge in [0.05, 0.1) is 11.1 Å². The second-order valence-electron chi connectivity index (χ2n) is 9.20. The molecule has 0 saturated heterocycles. The van der Waals surface area contributed by atoms with E-state index < -0.39 is 11.9 Å². The average molecular weight is 445 g/mol. The molecular weight excluding hydrogens is 412 g/mol. The van der Waals surface area contributed by atoms with Crippen LogP contribution in [0.1, 0.15) is 65.1 Å². The molecule has 3 rings (SSSR count). The number of rotatable bonds is 8. The van der Waals surface area contributed by atoms with Crippen LogP contribution in [0.3, 0.4) is 0 Å². The van der Waals surface area contributed by atoms with E-state index in [0.717, 1.165) is 23.1 Å². The molecule has 0 spiro atoms. The predicted molar refractivity (Wildman–Crippen MR) is 131 cm³/mol. The summed E-state index contributed by atoms with van der Waals surface area (Å²) in [5, 5.41) is 0. The van der Waals surface area contributed by atoms with E-state index in [1.54, 1.807) is 48.5 Å². The molecule has 0 aromatic heterocycles. The number of esters is 2. The zero-order valence-electron chi connectivity index (χ0n) is 20.1. The third-order valence-corrected chi connectivity index (χ3v) is 5.27. The van der Waals surface area contributed by atoms with Crippen molar-refractivity contribution in [1.29, 1.82) is 0 Å². The lowest BCUT2D eigenvalue weighted by atomic mass is 9.90. The first-order chi connectivity index (χ1) is 15.8. The first kappa shape index (κ1) is 24.2. The van der Waals surface area contributed by atoms with Gasteiger partial charge in [-0.2, -0.15) is 0 Å². The molecule has 0 fully saturated rings. The third kappa shape index (κ3) is 6.32. The van der Waals surface area contributed by atoms with Gasteiger partial charge in [-0.15, -0.1) is 0 Å². The Bertz CT molecular complexity index is 1100. The van der Waals surface area contributed by atoms with Crippen LogP contribution in [0.25, 0.3) is 0 Å². The largest absolute Gasteiger partial charge is 0.419 e. The topological polar surface area (TPSA) is 52.6 Å². The minimum absolute atomic E-state index is 0.302. The Hall–Kier alpha value is -3.40. The summed E-state index contributed by atoms with van der Waals surface area (Å²) in [5.41, 5.74) is 3.68. The summed E-state index contributed by atoms with van der Waals surface area (Å²) >= 11 is 0. The molecule has 0 amide bonds. The summed E-state index contributed by atoms with van der Waals surface area (Å²) in [6, 6.07) is 19.8.